The summed E-state index contributed by atoms with van der Waals surface area (Å²) in [5.74, 6) is -4.37. The monoisotopic (exact) mass is 384 g/mol. The van der Waals surface area contributed by atoms with E-state index in [0.717, 1.165) is 0 Å². The molecule has 9 heavy (non-hydrogen) atoms. The predicted octanol–water partition coefficient (Wildman–Crippen LogP) is -3.63. The van der Waals surface area contributed by atoms with Crippen LogP contribution in [0, 0.1) is 83.5 Å². The third-order valence-corrected chi connectivity index (χ3v) is 0.167. The molecule has 2 radical (unpaired) electrons. The molecule has 0 spiro atoms. The number of carboxylic acids is 2. The first-order chi connectivity index (χ1) is 2.64. The van der Waals surface area contributed by atoms with Crippen molar-refractivity contribution in [3.05, 3.63) is 0 Å². The average Bonchev–Trinajstić information content (AvgIpc) is 1.36. The van der Waals surface area contributed by atoms with E-state index in [1.54, 1.807) is 0 Å². The molecule has 0 heterocycles. The van der Waals surface area contributed by atoms with Gasteiger partial charge in [0.1, 0.15) is 0 Å². The van der Waals surface area contributed by atoms with Gasteiger partial charge >= 0.3 is 83.5 Å². The third kappa shape index (κ3) is 17.7. The molecule has 0 saturated heterocycles. The van der Waals surface area contributed by atoms with Crippen LogP contribution in [0.1, 0.15) is 0 Å². The Morgan fingerprint density at radius 2 is 1.00 bits per heavy atom. The molecule has 0 aliphatic heterocycles. The molecule has 0 aromatic heterocycles. The maximum atomic E-state index is 8.93. The van der Waals surface area contributed by atoms with Crippen LogP contribution in [0.4, 0.5) is 0 Å². The largest absolute Gasteiger partial charge is 3.00 e. The number of aliphatic carboxylic acids is 2. The fraction of sp³-hybridized carbons (Fsp3) is 0. The first-order valence-electron chi connectivity index (χ1n) is 1.07. The molecule has 7 heteroatoms. The molecule has 0 rings (SSSR count). The van der Waals surface area contributed by atoms with E-state index in [1.807, 2.05) is 0 Å². The van der Waals surface area contributed by atoms with E-state index >= 15 is 0 Å². The molecule has 0 fully saturated rings. The second-order valence-corrected chi connectivity index (χ2v) is 0.575. The van der Waals surface area contributed by atoms with Crippen molar-refractivity contribution >= 4 is 11.9 Å². The summed E-state index contributed by atoms with van der Waals surface area (Å²) in [6.07, 6.45) is 0. The maximum absolute atomic E-state index is 8.93. The quantitative estimate of drug-likeness (QED) is 0.402. The first-order valence-corrected chi connectivity index (χ1v) is 1.07. The van der Waals surface area contributed by atoms with Gasteiger partial charge in [0, 0.05) is 0 Å². The molecule has 0 aliphatic rings. The normalized spacial score (nSPS) is 4.89. The Morgan fingerprint density at radius 1 is 0.889 bits per heavy atom. The van der Waals surface area contributed by atoms with Crippen molar-refractivity contribution in [1.29, 1.82) is 0 Å². The van der Waals surface area contributed by atoms with E-state index in [4.69, 9.17) is 19.8 Å². The number of hydrogen-bond acceptors (Lipinski definition) is 4. The van der Waals surface area contributed by atoms with Crippen LogP contribution in [0.3, 0.4) is 0 Å². The average molecular weight is 384 g/mol. The number of hydrogen-bond donors (Lipinski definition) is 0. The Morgan fingerprint density at radius 3 is 1.00 bits per heavy atom. The standard InChI is InChI=1S/C2H2O4.2Ce.O/c3-1(4)2(5)6;;;/h(H,3,4)(H,5,6);;;/q;2*+3;-2/p-2. The smallest absolute Gasteiger partial charge is 2.00 e. The van der Waals surface area contributed by atoms with Gasteiger partial charge in [-0.2, -0.15) is 0 Å². The van der Waals surface area contributed by atoms with Gasteiger partial charge in [-0.15, -0.1) is 0 Å². The summed E-state index contributed by atoms with van der Waals surface area (Å²) in [4.78, 5) is 17.9. The van der Waals surface area contributed by atoms with Crippen molar-refractivity contribution in [3.8, 4) is 0 Å². The molecule has 44 valence electrons. The molecule has 0 N–H and O–H groups in total. The number of carboxylic acid groups (broad SMARTS) is 2. The molecule has 0 saturated carbocycles. The predicted molar refractivity (Wildman–Crippen MR) is 10.7 cm³/mol. The van der Waals surface area contributed by atoms with Crippen LogP contribution in [0.25, 0.3) is 0 Å². The Balaban J connectivity index is -0.0000000417. The van der Waals surface area contributed by atoms with Gasteiger partial charge in [0.15, 0.2) is 0 Å². The van der Waals surface area contributed by atoms with Gasteiger partial charge < -0.3 is 25.3 Å². The van der Waals surface area contributed by atoms with Gasteiger partial charge in [-0.1, -0.05) is 0 Å². The number of rotatable bonds is 0. The van der Waals surface area contributed by atoms with E-state index in [2.05, 4.69) is 0 Å². The molecule has 0 atom stereocenters. The minimum absolute atomic E-state index is 0. The fourth-order valence-corrected chi connectivity index (χ4v) is 0. The minimum atomic E-state index is -2.19. The Kier molecular flexibility index (Phi) is 30.8. The van der Waals surface area contributed by atoms with Gasteiger partial charge in [0.2, 0.25) is 0 Å². The van der Waals surface area contributed by atoms with Crippen LogP contribution in [-0.2, 0) is 15.1 Å². The van der Waals surface area contributed by atoms with Gasteiger partial charge in [-0.3, -0.25) is 0 Å². The summed E-state index contributed by atoms with van der Waals surface area (Å²) in [7, 11) is 0. The molecule has 0 aromatic rings. The van der Waals surface area contributed by atoms with E-state index in [1.165, 1.54) is 0 Å². The van der Waals surface area contributed by atoms with Crippen molar-refractivity contribution in [3.63, 3.8) is 0 Å². The summed E-state index contributed by atoms with van der Waals surface area (Å²) < 4.78 is 0. The van der Waals surface area contributed by atoms with E-state index in [0.29, 0.717) is 0 Å². The second-order valence-electron chi connectivity index (χ2n) is 0.575. The van der Waals surface area contributed by atoms with Crippen molar-refractivity contribution in [2.24, 2.45) is 0 Å². The molecular weight excluding hydrogens is 384 g/mol. The zero-order valence-corrected chi connectivity index (χ0v) is 10.3. The maximum Gasteiger partial charge on any atom is 3.00 e. The van der Waals surface area contributed by atoms with Gasteiger partial charge in [-0.05, 0) is 0 Å². The van der Waals surface area contributed by atoms with Crippen LogP contribution in [-0.4, -0.2) is 11.9 Å². The molecule has 0 aliphatic carbocycles. The molecule has 0 unspecified atom stereocenters. The summed E-state index contributed by atoms with van der Waals surface area (Å²) >= 11 is 0. The minimum Gasteiger partial charge on any atom is -2.00 e. The van der Waals surface area contributed by atoms with Crippen LogP contribution in [0.15, 0.2) is 0 Å². The van der Waals surface area contributed by atoms with E-state index in [9.17, 15) is 0 Å². The Hall–Kier alpha value is 1.65. The van der Waals surface area contributed by atoms with Crippen molar-refractivity contribution < 1.29 is 109 Å². The Labute approximate surface area is 118 Å². The van der Waals surface area contributed by atoms with Crippen molar-refractivity contribution in [2.75, 3.05) is 0 Å². The zero-order valence-electron chi connectivity index (χ0n) is 4.04. The summed E-state index contributed by atoms with van der Waals surface area (Å²) in [6, 6.07) is 0. The van der Waals surface area contributed by atoms with Crippen LogP contribution in [0.2, 0.25) is 0 Å². The number of carbonyl (C=O) groups is 2. The van der Waals surface area contributed by atoms with Crippen LogP contribution < -0.4 is 10.2 Å². The van der Waals surface area contributed by atoms with Crippen molar-refractivity contribution in [2.45, 2.75) is 0 Å². The summed E-state index contributed by atoms with van der Waals surface area (Å²) in [5, 5.41) is 17.9. The van der Waals surface area contributed by atoms with Gasteiger partial charge in [-0.25, -0.2) is 0 Å². The molecule has 0 aromatic carbocycles. The SMILES string of the molecule is O=C([O-])C(=O)[O-].[Ce+3].[Ce+3].[O-2]. The van der Waals surface area contributed by atoms with Gasteiger partial charge in [0.05, 0.1) is 11.9 Å². The van der Waals surface area contributed by atoms with Gasteiger partial charge in [0.25, 0.3) is 0 Å². The van der Waals surface area contributed by atoms with Crippen LogP contribution in [0.5, 0.6) is 0 Å². The van der Waals surface area contributed by atoms with E-state index < -0.39 is 11.9 Å². The van der Waals surface area contributed by atoms with E-state index in [-0.39, 0.29) is 89.0 Å². The topological polar surface area (TPSA) is 109 Å². The zero-order chi connectivity index (χ0) is 5.15. The molecule has 0 bridgehead atoms. The summed E-state index contributed by atoms with van der Waals surface area (Å²) in [5.41, 5.74) is 0. The molecule has 5 nitrogen and oxygen atoms in total. The third-order valence-electron chi connectivity index (χ3n) is 0.167. The fourth-order valence-electron chi connectivity index (χ4n) is 0. The first kappa shape index (κ1) is 22.4. The molecule has 0 amide bonds. The van der Waals surface area contributed by atoms with Crippen LogP contribution >= 0.6 is 0 Å². The molecular formula is C2Ce2O5+2. The Bertz CT molecular complexity index is 79.0. The van der Waals surface area contributed by atoms with Crippen molar-refractivity contribution in [1.82, 2.24) is 0 Å². The number of carbonyl (C=O) groups excluding carboxylic acids is 2. The second kappa shape index (κ2) is 12.3. The summed E-state index contributed by atoms with van der Waals surface area (Å²) in [6.45, 7) is 0.